The van der Waals surface area contributed by atoms with Gasteiger partial charge in [-0.1, -0.05) is 36.0 Å². The summed E-state index contributed by atoms with van der Waals surface area (Å²) in [5.41, 5.74) is 2.21. The molecule has 0 aliphatic carbocycles. The van der Waals surface area contributed by atoms with Gasteiger partial charge in [0.1, 0.15) is 5.03 Å². The second-order valence-electron chi connectivity index (χ2n) is 4.61. The molecule has 0 saturated carbocycles. The number of hydrogen-bond acceptors (Lipinski definition) is 3. The maximum absolute atomic E-state index is 12.0. The molecule has 0 spiro atoms. The molecule has 1 aromatic carbocycles. The van der Waals surface area contributed by atoms with Crippen LogP contribution in [0, 0.1) is 0 Å². The normalized spacial score (nSPS) is 16.0. The molecule has 0 bridgehead atoms. The first-order valence-corrected chi connectivity index (χ1v) is 7.20. The number of carbonyl (C=O) groups excluding carboxylic acids is 1. The molecule has 0 radical (unpaired) electrons. The quantitative estimate of drug-likeness (QED) is 0.876. The Labute approximate surface area is 122 Å². The van der Waals surface area contributed by atoms with E-state index in [4.69, 9.17) is 0 Å². The van der Waals surface area contributed by atoms with E-state index in [1.54, 1.807) is 29.9 Å². The lowest BCUT2D eigenvalue weighted by atomic mass is 9.98. The maximum Gasteiger partial charge on any atom is 0.317 e. The smallest absolute Gasteiger partial charge is 0.317 e. The molecule has 0 fully saturated rings. The Morgan fingerprint density at radius 1 is 1.25 bits per heavy atom. The van der Waals surface area contributed by atoms with Gasteiger partial charge in [-0.05, 0) is 17.7 Å². The third-order valence-electron chi connectivity index (χ3n) is 3.44. The highest BCUT2D eigenvalue weighted by atomic mass is 32.2. The molecule has 2 heterocycles. The molecule has 4 nitrogen and oxygen atoms in total. The van der Waals surface area contributed by atoms with E-state index in [-0.39, 0.29) is 12.1 Å². The van der Waals surface area contributed by atoms with Crippen molar-refractivity contribution in [2.75, 3.05) is 14.1 Å². The molecule has 3 rings (SSSR count). The molecular formula is C15H15N3OS. The second kappa shape index (κ2) is 5.17. The predicted molar refractivity (Wildman–Crippen MR) is 78.9 cm³/mol. The third-order valence-corrected chi connectivity index (χ3v) is 4.56. The van der Waals surface area contributed by atoms with E-state index in [1.807, 2.05) is 31.3 Å². The second-order valence-corrected chi connectivity index (χ2v) is 5.64. The minimum absolute atomic E-state index is 0.101. The summed E-state index contributed by atoms with van der Waals surface area (Å²) in [5, 5.41) is 3.65. The van der Waals surface area contributed by atoms with Gasteiger partial charge in [0.25, 0.3) is 0 Å². The molecule has 20 heavy (non-hydrogen) atoms. The van der Waals surface area contributed by atoms with Crippen molar-refractivity contribution in [1.29, 1.82) is 0 Å². The summed E-state index contributed by atoms with van der Waals surface area (Å²) < 4.78 is 0. The number of nitrogens with zero attached hydrogens (tertiary/aromatic N) is 2. The Kier molecular flexibility index (Phi) is 3.36. The summed E-state index contributed by atoms with van der Waals surface area (Å²) in [6, 6.07) is 11.9. The van der Waals surface area contributed by atoms with Crippen LogP contribution in [0.3, 0.4) is 0 Å². The Balaban J connectivity index is 2.15. The predicted octanol–water partition coefficient (Wildman–Crippen LogP) is 2.91. The lowest BCUT2D eigenvalue weighted by Crippen LogP contribution is -2.39. The van der Waals surface area contributed by atoms with Gasteiger partial charge in [0, 0.05) is 30.8 Å². The largest absolute Gasteiger partial charge is 0.341 e. The van der Waals surface area contributed by atoms with Gasteiger partial charge in [0.05, 0.1) is 6.04 Å². The lowest BCUT2D eigenvalue weighted by Gasteiger charge is -2.33. The van der Waals surface area contributed by atoms with E-state index < -0.39 is 0 Å². The van der Waals surface area contributed by atoms with Crippen molar-refractivity contribution >= 4 is 17.8 Å². The molecule has 5 heteroatoms. The Morgan fingerprint density at radius 3 is 2.80 bits per heavy atom. The molecule has 102 valence electrons. The first-order chi connectivity index (χ1) is 9.72. The summed E-state index contributed by atoms with van der Waals surface area (Å²) in [6.45, 7) is 0. The number of amides is 2. The summed E-state index contributed by atoms with van der Waals surface area (Å²) in [7, 11) is 3.46. The van der Waals surface area contributed by atoms with Crippen molar-refractivity contribution in [3.05, 3.63) is 53.7 Å². The van der Waals surface area contributed by atoms with Crippen molar-refractivity contribution in [2.24, 2.45) is 0 Å². The standard InChI is InChI=1S/C15H15N3OS/c1-16-15(19)18(2)13-10-6-3-4-8-12(10)20-14-11(13)7-5-9-17-14/h3-9,13H,1-2H3,(H,16,19). The number of urea groups is 1. The van der Waals surface area contributed by atoms with Gasteiger partial charge in [0.2, 0.25) is 0 Å². The first-order valence-electron chi connectivity index (χ1n) is 6.38. The molecule has 1 aromatic heterocycles. The SMILES string of the molecule is CNC(=O)N(C)C1c2ccccc2Sc2ncccc21. The number of carbonyl (C=O) groups is 1. The molecule has 2 aromatic rings. The molecule has 1 aliphatic rings. The van der Waals surface area contributed by atoms with E-state index >= 15 is 0 Å². The average molecular weight is 285 g/mol. The Hall–Kier alpha value is -2.01. The highest BCUT2D eigenvalue weighted by molar-refractivity contribution is 7.99. The van der Waals surface area contributed by atoms with Gasteiger partial charge in [-0.15, -0.1) is 0 Å². The molecule has 1 atom stereocenters. The fourth-order valence-electron chi connectivity index (χ4n) is 2.48. The van der Waals surface area contributed by atoms with Gasteiger partial charge in [-0.2, -0.15) is 0 Å². The lowest BCUT2D eigenvalue weighted by molar-refractivity contribution is 0.199. The van der Waals surface area contributed by atoms with Crippen LogP contribution < -0.4 is 5.32 Å². The number of pyridine rings is 1. The Morgan fingerprint density at radius 2 is 2.00 bits per heavy atom. The van der Waals surface area contributed by atoms with Gasteiger partial charge in [-0.3, -0.25) is 0 Å². The molecule has 2 amide bonds. The molecule has 0 saturated heterocycles. The summed E-state index contributed by atoms with van der Waals surface area (Å²) in [6.07, 6.45) is 1.79. The number of aromatic nitrogens is 1. The summed E-state index contributed by atoms with van der Waals surface area (Å²) in [5.74, 6) is 0. The highest BCUT2D eigenvalue weighted by Gasteiger charge is 2.31. The zero-order chi connectivity index (χ0) is 14.1. The van der Waals surface area contributed by atoms with E-state index in [0.717, 1.165) is 21.0 Å². The average Bonchev–Trinajstić information content (AvgIpc) is 2.51. The van der Waals surface area contributed by atoms with Crippen molar-refractivity contribution in [3.63, 3.8) is 0 Å². The summed E-state index contributed by atoms with van der Waals surface area (Å²) in [4.78, 5) is 19.3. The van der Waals surface area contributed by atoms with E-state index in [9.17, 15) is 4.79 Å². The van der Waals surface area contributed by atoms with Crippen molar-refractivity contribution in [1.82, 2.24) is 15.2 Å². The fraction of sp³-hybridized carbons (Fsp3) is 0.200. The fourth-order valence-corrected chi connectivity index (χ4v) is 3.54. The van der Waals surface area contributed by atoms with Gasteiger partial charge in [-0.25, -0.2) is 9.78 Å². The highest BCUT2D eigenvalue weighted by Crippen LogP contribution is 2.45. The van der Waals surface area contributed by atoms with Gasteiger partial charge >= 0.3 is 6.03 Å². The number of fused-ring (bicyclic) bond motifs is 2. The maximum atomic E-state index is 12.0. The van der Waals surface area contributed by atoms with E-state index in [0.29, 0.717) is 0 Å². The topological polar surface area (TPSA) is 45.2 Å². The van der Waals surface area contributed by atoms with Gasteiger partial charge in [0.15, 0.2) is 0 Å². The Bertz CT molecular complexity index is 614. The number of benzene rings is 1. The van der Waals surface area contributed by atoms with Crippen LogP contribution in [0.25, 0.3) is 0 Å². The number of hydrogen-bond donors (Lipinski definition) is 1. The molecule has 1 N–H and O–H groups in total. The van der Waals surface area contributed by atoms with E-state index in [2.05, 4.69) is 22.4 Å². The monoisotopic (exact) mass is 285 g/mol. The number of rotatable bonds is 1. The zero-order valence-electron chi connectivity index (χ0n) is 11.3. The van der Waals surface area contributed by atoms with E-state index in [1.165, 1.54) is 0 Å². The minimum Gasteiger partial charge on any atom is -0.341 e. The van der Waals surface area contributed by atoms with Crippen LogP contribution in [-0.2, 0) is 0 Å². The summed E-state index contributed by atoms with van der Waals surface area (Å²) >= 11 is 1.65. The van der Waals surface area contributed by atoms with Crippen LogP contribution in [0.2, 0.25) is 0 Å². The molecular weight excluding hydrogens is 270 g/mol. The van der Waals surface area contributed by atoms with Crippen LogP contribution in [0.15, 0.2) is 52.5 Å². The molecule has 1 aliphatic heterocycles. The first kappa shape index (κ1) is 13.0. The van der Waals surface area contributed by atoms with Crippen LogP contribution in [0.5, 0.6) is 0 Å². The minimum atomic E-state index is -0.105. The van der Waals surface area contributed by atoms with Crippen LogP contribution in [-0.4, -0.2) is 30.0 Å². The van der Waals surface area contributed by atoms with Gasteiger partial charge < -0.3 is 10.2 Å². The van der Waals surface area contributed by atoms with Crippen molar-refractivity contribution in [2.45, 2.75) is 16.0 Å². The number of nitrogens with one attached hydrogen (secondary N) is 1. The third kappa shape index (κ3) is 2.04. The van der Waals surface area contributed by atoms with Crippen LogP contribution >= 0.6 is 11.8 Å². The van der Waals surface area contributed by atoms with Crippen molar-refractivity contribution < 1.29 is 4.79 Å². The molecule has 1 unspecified atom stereocenters. The van der Waals surface area contributed by atoms with Crippen LogP contribution in [0.1, 0.15) is 17.2 Å². The van der Waals surface area contributed by atoms with Crippen molar-refractivity contribution in [3.8, 4) is 0 Å². The zero-order valence-corrected chi connectivity index (χ0v) is 12.1. The van der Waals surface area contributed by atoms with Crippen LogP contribution in [0.4, 0.5) is 4.79 Å².